The first kappa shape index (κ1) is 15.7. The Bertz CT molecular complexity index is 360. The van der Waals surface area contributed by atoms with Crippen molar-refractivity contribution in [3.8, 4) is 0 Å². The molecule has 104 valence electrons. The van der Waals surface area contributed by atoms with E-state index in [4.69, 9.17) is 0 Å². The van der Waals surface area contributed by atoms with E-state index in [1.165, 1.54) is 35.1 Å². The first-order chi connectivity index (χ1) is 8.60. The average Bonchev–Trinajstić information content (AvgIpc) is 2.63. The van der Waals surface area contributed by atoms with Crippen LogP contribution in [0.2, 0.25) is 0 Å². The van der Waals surface area contributed by atoms with Crippen molar-refractivity contribution in [2.24, 2.45) is 7.05 Å². The summed E-state index contributed by atoms with van der Waals surface area (Å²) in [5.41, 5.74) is 2.50. The summed E-state index contributed by atoms with van der Waals surface area (Å²) in [4.78, 5) is 0. The van der Waals surface area contributed by atoms with Crippen LogP contribution in [0.3, 0.4) is 0 Å². The SMILES string of the molecule is CCCNC(C)CCCc1c(Br)c(CC)nn1C. The van der Waals surface area contributed by atoms with E-state index in [9.17, 15) is 0 Å². The van der Waals surface area contributed by atoms with E-state index < -0.39 is 0 Å². The zero-order valence-electron chi connectivity index (χ0n) is 12.1. The third kappa shape index (κ3) is 4.39. The third-order valence-electron chi connectivity index (χ3n) is 3.30. The smallest absolute Gasteiger partial charge is 0.0766 e. The molecule has 1 aromatic heterocycles. The molecule has 0 radical (unpaired) electrons. The molecule has 1 N–H and O–H groups in total. The number of halogens is 1. The lowest BCUT2D eigenvalue weighted by Crippen LogP contribution is -2.26. The van der Waals surface area contributed by atoms with Crippen LogP contribution >= 0.6 is 15.9 Å². The Morgan fingerprint density at radius 2 is 2.11 bits per heavy atom. The Balaban J connectivity index is 2.41. The van der Waals surface area contributed by atoms with Crippen molar-refractivity contribution < 1.29 is 0 Å². The van der Waals surface area contributed by atoms with Gasteiger partial charge in [0.15, 0.2) is 0 Å². The van der Waals surface area contributed by atoms with Gasteiger partial charge in [0.1, 0.15) is 0 Å². The fourth-order valence-electron chi connectivity index (χ4n) is 2.16. The van der Waals surface area contributed by atoms with E-state index in [1.807, 2.05) is 11.7 Å². The summed E-state index contributed by atoms with van der Waals surface area (Å²) in [5, 5.41) is 8.06. The van der Waals surface area contributed by atoms with Gasteiger partial charge in [-0.3, -0.25) is 4.68 Å². The van der Waals surface area contributed by atoms with Crippen molar-refractivity contribution in [3.05, 3.63) is 15.9 Å². The summed E-state index contributed by atoms with van der Waals surface area (Å²) in [6.07, 6.45) is 5.72. The quantitative estimate of drug-likeness (QED) is 0.796. The van der Waals surface area contributed by atoms with Crippen LogP contribution in [0.15, 0.2) is 4.47 Å². The van der Waals surface area contributed by atoms with Crippen LogP contribution in [0.1, 0.15) is 51.4 Å². The molecule has 18 heavy (non-hydrogen) atoms. The van der Waals surface area contributed by atoms with Gasteiger partial charge in [-0.25, -0.2) is 0 Å². The first-order valence-corrected chi connectivity index (χ1v) is 7.83. The summed E-state index contributed by atoms with van der Waals surface area (Å²) >= 11 is 3.67. The summed E-state index contributed by atoms with van der Waals surface area (Å²) in [5.74, 6) is 0. The second-order valence-corrected chi connectivity index (χ2v) is 5.72. The number of nitrogens with zero attached hydrogens (tertiary/aromatic N) is 2. The molecule has 0 bridgehead atoms. The van der Waals surface area contributed by atoms with E-state index in [0.717, 1.165) is 19.4 Å². The van der Waals surface area contributed by atoms with Crippen molar-refractivity contribution in [2.75, 3.05) is 6.54 Å². The Hall–Kier alpha value is -0.350. The molecular weight excluding hydrogens is 290 g/mol. The standard InChI is InChI=1S/C14H26BrN3/c1-5-10-16-11(3)8-7-9-13-14(15)12(6-2)17-18(13)4/h11,16H,5-10H2,1-4H3. The molecule has 1 heterocycles. The van der Waals surface area contributed by atoms with Gasteiger partial charge in [0.25, 0.3) is 0 Å². The lowest BCUT2D eigenvalue weighted by atomic mass is 10.1. The highest BCUT2D eigenvalue weighted by Gasteiger charge is 2.12. The van der Waals surface area contributed by atoms with Gasteiger partial charge < -0.3 is 5.32 Å². The van der Waals surface area contributed by atoms with Crippen LogP contribution in [-0.4, -0.2) is 22.4 Å². The van der Waals surface area contributed by atoms with Crippen molar-refractivity contribution >= 4 is 15.9 Å². The molecule has 1 atom stereocenters. The fraction of sp³-hybridized carbons (Fsp3) is 0.786. The van der Waals surface area contributed by atoms with Crippen LogP contribution in [0.25, 0.3) is 0 Å². The molecule has 0 aromatic carbocycles. The minimum atomic E-state index is 0.614. The number of aryl methyl sites for hydroxylation is 2. The lowest BCUT2D eigenvalue weighted by Gasteiger charge is -2.12. The summed E-state index contributed by atoms with van der Waals surface area (Å²) in [7, 11) is 2.04. The zero-order chi connectivity index (χ0) is 13.5. The van der Waals surface area contributed by atoms with E-state index in [-0.39, 0.29) is 0 Å². The predicted octanol–water partition coefficient (Wildman–Crippen LogP) is 3.46. The van der Waals surface area contributed by atoms with Gasteiger partial charge in [0.05, 0.1) is 15.9 Å². The maximum absolute atomic E-state index is 4.53. The molecule has 0 amide bonds. The lowest BCUT2D eigenvalue weighted by molar-refractivity contribution is 0.493. The molecule has 1 unspecified atom stereocenters. The van der Waals surface area contributed by atoms with Crippen molar-refractivity contribution in [1.29, 1.82) is 0 Å². The highest BCUT2D eigenvalue weighted by molar-refractivity contribution is 9.10. The van der Waals surface area contributed by atoms with E-state index >= 15 is 0 Å². The van der Waals surface area contributed by atoms with Gasteiger partial charge in [-0.15, -0.1) is 0 Å². The van der Waals surface area contributed by atoms with Crippen molar-refractivity contribution in [1.82, 2.24) is 15.1 Å². The number of hydrogen-bond acceptors (Lipinski definition) is 2. The van der Waals surface area contributed by atoms with Crippen LogP contribution in [-0.2, 0) is 19.9 Å². The molecule has 0 aliphatic heterocycles. The minimum Gasteiger partial charge on any atom is -0.314 e. The third-order valence-corrected chi connectivity index (χ3v) is 4.21. The highest BCUT2D eigenvalue weighted by atomic mass is 79.9. The Labute approximate surface area is 119 Å². The minimum absolute atomic E-state index is 0.614. The van der Waals surface area contributed by atoms with Gasteiger partial charge in [0.2, 0.25) is 0 Å². The van der Waals surface area contributed by atoms with Gasteiger partial charge in [-0.05, 0) is 61.5 Å². The number of rotatable bonds is 8. The maximum atomic E-state index is 4.53. The molecule has 1 rings (SSSR count). The summed E-state index contributed by atoms with van der Waals surface area (Å²) in [6, 6.07) is 0.614. The summed E-state index contributed by atoms with van der Waals surface area (Å²) in [6.45, 7) is 7.74. The van der Waals surface area contributed by atoms with Crippen LogP contribution in [0.4, 0.5) is 0 Å². The molecule has 0 aliphatic rings. The van der Waals surface area contributed by atoms with E-state index in [2.05, 4.69) is 47.1 Å². The monoisotopic (exact) mass is 315 g/mol. The van der Waals surface area contributed by atoms with E-state index in [0.29, 0.717) is 6.04 Å². The van der Waals surface area contributed by atoms with Gasteiger partial charge in [-0.1, -0.05) is 13.8 Å². The van der Waals surface area contributed by atoms with Gasteiger partial charge in [0, 0.05) is 13.1 Å². The average molecular weight is 316 g/mol. The maximum Gasteiger partial charge on any atom is 0.0766 e. The molecule has 0 spiro atoms. The topological polar surface area (TPSA) is 29.9 Å². The Kier molecular flexibility index (Phi) is 6.94. The van der Waals surface area contributed by atoms with Gasteiger partial charge in [-0.2, -0.15) is 5.10 Å². The van der Waals surface area contributed by atoms with Crippen LogP contribution < -0.4 is 5.32 Å². The Morgan fingerprint density at radius 3 is 2.67 bits per heavy atom. The molecular formula is C14H26BrN3. The fourth-order valence-corrected chi connectivity index (χ4v) is 2.97. The van der Waals surface area contributed by atoms with Crippen LogP contribution in [0, 0.1) is 0 Å². The largest absolute Gasteiger partial charge is 0.314 e. The molecule has 0 saturated heterocycles. The normalized spacial score (nSPS) is 12.9. The predicted molar refractivity (Wildman–Crippen MR) is 81.0 cm³/mol. The second-order valence-electron chi connectivity index (χ2n) is 4.93. The first-order valence-electron chi connectivity index (χ1n) is 7.03. The highest BCUT2D eigenvalue weighted by Crippen LogP contribution is 2.23. The number of aromatic nitrogens is 2. The molecule has 4 heteroatoms. The zero-order valence-corrected chi connectivity index (χ0v) is 13.7. The molecule has 3 nitrogen and oxygen atoms in total. The van der Waals surface area contributed by atoms with Crippen molar-refractivity contribution in [3.63, 3.8) is 0 Å². The van der Waals surface area contributed by atoms with Crippen LogP contribution in [0.5, 0.6) is 0 Å². The second kappa shape index (κ2) is 7.95. The molecule has 0 saturated carbocycles. The summed E-state index contributed by atoms with van der Waals surface area (Å²) < 4.78 is 3.23. The van der Waals surface area contributed by atoms with Gasteiger partial charge >= 0.3 is 0 Å². The molecule has 1 aromatic rings. The Morgan fingerprint density at radius 1 is 1.39 bits per heavy atom. The van der Waals surface area contributed by atoms with Crippen molar-refractivity contribution in [2.45, 2.75) is 58.9 Å². The molecule has 0 aliphatic carbocycles. The number of hydrogen-bond donors (Lipinski definition) is 1. The number of nitrogens with one attached hydrogen (secondary N) is 1. The van der Waals surface area contributed by atoms with E-state index in [1.54, 1.807) is 0 Å². The molecule has 0 fully saturated rings.